The van der Waals surface area contributed by atoms with Gasteiger partial charge in [-0.1, -0.05) is 65.0 Å². The maximum absolute atomic E-state index is 14.1. The number of ether oxygens (including phenoxy) is 2. The van der Waals surface area contributed by atoms with Gasteiger partial charge in [-0.15, -0.1) is 0 Å². The van der Waals surface area contributed by atoms with Crippen LogP contribution in [-0.2, 0) is 46.3 Å². The van der Waals surface area contributed by atoms with Crippen molar-refractivity contribution in [3.05, 3.63) is 54.1 Å². The Morgan fingerprint density at radius 1 is 0.921 bits per heavy atom. The van der Waals surface area contributed by atoms with Crippen LogP contribution in [0.25, 0.3) is 0 Å². The van der Waals surface area contributed by atoms with Gasteiger partial charge in [0, 0.05) is 44.4 Å². The normalized spacial score (nSPS) is 16.7. The van der Waals surface area contributed by atoms with Crippen LogP contribution in [0.1, 0.15) is 98.8 Å². The highest BCUT2D eigenvalue weighted by Crippen LogP contribution is 2.23. The summed E-state index contributed by atoms with van der Waals surface area (Å²) in [6, 6.07) is 5.45. The van der Waals surface area contributed by atoms with Crippen LogP contribution in [-0.4, -0.2) is 148 Å². The van der Waals surface area contributed by atoms with Crippen molar-refractivity contribution in [2.24, 2.45) is 11.8 Å². The number of nitrogens with one attached hydrogen (secondary N) is 6. The second kappa shape index (κ2) is 30.4. The third-order valence-electron chi connectivity index (χ3n) is 9.47. The maximum Gasteiger partial charge on any atom is 0.245 e. The van der Waals surface area contributed by atoms with Crippen molar-refractivity contribution in [3.63, 3.8) is 0 Å². The number of aliphatic hydroxyl groups excluding tert-OH is 3. The van der Waals surface area contributed by atoms with Crippen LogP contribution < -0.4 is 21.3 Å². The van der Waals surface area contributed by atoms with E-state index in [1.165, 1.54) is 29.9 Å². The highest BCUT2D eigenvalue weighted by molar-refractivity contribution is 5.96. The highest BCUT2D eigenvalue weighted by atomic mass is 16.5. The molecule has 18 nitrogen and oxygen atoms in total. The van der Waals surface area contributed by atoms with E-state index in [0.717, 1.165) is 25.2 Å². The summed E-state index contributed by atoms with van der Waals surface area (Å²) >= 11 is 0. The molecule has 5 amide bonds. The molecule has 356 valence electrons. The van der Waals surface area contributed by atoms with Crippen LogP contribution in [0.15, 0.2) is 42.9 Å². The van der Waals surface area contributed by atoms with Crippen molar-refractivity contribution >= 4 is 36.3 Å². The van der Waals surface area contributed by atoms with Crippen LogP contribution in [0.2, 0.25) is 0 Å². The first-order valence-corrected chi connectivity index (χ1v) is 21.9. The van der Waals surface area contributed by atoms with Crippen molar-refractivity contribution in [3.8, 4) is 0 Å². The lowest BCUT2D eigenvalue weighted by Gasteiger charge is -2.28. The van der Waals surface area contributed by atoms with E-state index >= 15 is 0 Å². The topological polar surface area (TPSA) is 268 Å². The predicted molar refractivity (Wildman–Crippen MR) is 241 cm³/mol. The van der Waals surface area contributed by atoms with Gasteiger partial charge in [0.25, 0.3) is 0 Å². The minimum atomic E-state index is -1.37. The van der Waals surface area contributed by atoms with E-state index in [9.17, 15) is 39.3 Å². The van der Waals surface area contributed by atoms with Gasteiger partial charge < -0.3 is 61.4 Å². The van der Waals surface area contributed by atoms with Gasteiger partial charge in [0.05, 0.1) is 50.4 Å². The van der Waals surface area contributed by atoms with Crippen LogP contribution in [0.4, 0.5) is 0 Å². The highest BCUT2D eigenvalue weighted by Gasteiger charge is 2.41. The number of carbonyl (C=O) groups excluding carboxylic acids is 5. The van der Waals surface area contributed by atoms with Crippen molar-refractivity contribution in [2.45, 2.75) is 142 Å². The first-order valence-electron chi connectivity index (χ1n) is 21.9. The summed E-state index contributed by atoms with van der Waals surface area (Å²) in [6.45, 7) is 17.2. The molecule has 0 bridgehead atoms. The van der Waals surface area contributed by atoms with Crippen molar-refractivity contribution in [2.75, 3.05) is 39.5 Å². The van der Waals surface area contributed by atoms with Crippen molar-refractivity contribution < 1.29 is 48.8 Å². The molecule has 0 unspecified atom stereocenters. The van der Waals surface area contributed by atoms with E-state index in [1.54, 1.807) is 13.8 Å². The first kappa shape index (κ1) is 56.3. The Morgan fingerprint density at radius 2 is 1.56 bits per heavy atom. The molecule has 1 aliphatic heterocycles. The summed E-state index contributed by atoms with van der Waals surface area (Å²) < 4.78 is 11.9. The number of likely N-dealkylation sites (tertiary alicyclic amines) is 1. The van der Waals surface area contributed by atoms with Gasteiger partial charge in [0.15, 0.2) is 0 Å². The molecule has 0 saturated carbocycles. The predicted octanol–water partition coefficient (Wildman–Crippen LogP) is 2.06. The van der Waals surface area contributed by atoms with Crippen molar-refractivity contribution in [1.82, 2.24) is 36.1 Å². The standard InChI is InChI=1S/C40H63N7O10.C4H10.CH3N/c1-26(2)17-31(37(53)44-32(18-29-21-41-25-43-29)38(54)46-33(23-48)36(52)42-20-27(3)50)45-39(55)34-19-30(56-15-10-9-13-28-11-7-6-8-12-28)22-47(34)35(51)14-16-57-40(4,5)24-49;1-4(2)3;1-2/h6-8,11-12,21,25-27,30-34,48-50H,9-10,13-20,22-24H2,1-5H3,(H,41,43)(H,42,52)(H,44,53)(H,45,55)(H,46,54);4H,1-3H3;2H,1H2/t27-,30-,31+,32+,33+,34+;;/m1../s1. The Labute approximate surface area is 373 Å². The van der Waals surface area contributed by atoms with Crippen molar-refractivity contribution in [1.29, 1.82) is 5.41 Å². The molecule has 0 spiro atoms. The molecule has 18 heteroatoms. The molecule has 0 aliphatic carbocycles. The summed E-state index contributed by atoms with van der Waals surface area (Å²) in [4.78, 5) is 76.1. The van der Waals surface area contributed by atoms with Gasteiger partial charge in [-0.05, 0) is 70.6 Å². The lowest BCUT2D eigenvalue weighted by molar-refractivity contribution is -0.141. The molecule has 1 aromatic heterocycles. The number of amides is 5. The summed E-state index contributed by atoms with van der Waals surface area (Å²) in [6.07, 6.45) is 4.51. The number of rotatable bonds is 25. The lowest BCUT2D eigenvalue weighted by Crippen LogP contribution is -2.59. The van der Waals surface area contributed by atoms with E-state index in [0.29, 0.717) is 12.3 Å². The SMILES string of the molecule is C=N.CC(C)C.CC(C)C[C@H](NC(=O)[C@@H]1C[C@@H](OCCCCc2ccccc2)CN1C(=O)CCOC(C)(C)CO)C(=O)N[C@@H](Cc1cnc[nH]1)C(=O)N[C@@H](CO)C(=O)NC[C@@H](C)O. The zero-order valence-electron chi connectivity index (χ0n) is 38.7. The fraction of sp³-hybridized carbons (Fsp3) is 0.667. The number of aryl methyl sites for hydroxylation is 1. The summed E-state index contributed by atoms with van der Waals surface area (Å²) in [5.74, 6) is -2.30. The number of unbranched alkanes of at least 4 members (excludes halogenated alkanes) is 1. The Balaban J connectivity index is 0.00000312. The Morgan fingerprint density at radius 3 is 2.13 bits per heavy atom. The number of nitrogens with zero attached hydrogens (tertiary/aromatic N) is 2. The molecule has 2 heterocycles. The van der Waals surface area contributed by atoms with E-state index in [-0.39, 0.29) is 63.8 Å². The van der Waals surface area contributed by atoms with Crippen LogP contribution >= 0.6 is 0 Å². The number of benzene rings is 1. The molecule has 3 rings (SSSR count). The zero-order valence-corrected chi connectivity index (χ0v) is 38.7. The summed E-state index contributed by atoms with van der Waals surface area (Å²) in [7, 11) is 0. The number of hydrogen-bond donors (Lipinski definition) is 9. The van der Waals surface area contributed by atoms with E-state index in [1.807, 2.05) is 32.0 Å². The largest absolute Gasteiger partial charge is 0.394 e. The van der Waals surface area contributed by atoms with Gasteiger partial charge in [0.2, 0.25) is 29.5 Å². The molecule has 1 aromatic carbocycles. The molecular formula is C45H76N8O10. The summed E-state index contributed by atoms with van der Waals surface area (Å²) in [5.41, 5.74) is 0.884. The third kappa shape index (κ3) is 23.0. The Hall–Kier alpha value is -4.75. The number of imidazole rings is 1. The average molecular weight is 889 g/mol. The number of aromatic nitrogens is 2. The molecule has 6 atom stereocenters. The number of carbonyl (C=O) groups is 5. The number of aromatic amines is 1. The molecule has 2 aromatic rings. The van der Waals surface area contributed by atoms with Gasteiger partial charge in [-0.2, -0.15) is 0 Å². The number of aliphatic hydroxyl groups is 3. The van der Waals surface area contributed by atoms with E-state index < -0.39 is 72.2 Å². The van der Waals surface area contributed by atoms with Crippen LogP contribution in [0.3, 0.4) is 0 Å². The number of H-pyrrole nitrogens is 1. The minimum absolute atomic E-state index is 0.0275. The van der Waals surface area contributed by atoms with Crippen LogP contribution in [0, 0.1) is 17.2 Å². The second-order valence-corrected chi connectivity index (χ2v) is 17.4. The lowest BCUT2D eigenvalue weighted by atomic mass is 10.0. The van der Waals surface area contributed by atoms with E-state index in [4.69, 9.17) is 14.9 Å². The zero-order chi connectivity index (χ0) is 47.5. The smallest absolute Gasteiger partial charge is 0.245 e. The van der Waals surface area contributed by atoms with Gasteiger partial charge in [0.1, 0.15) is 24.2 Å². The van der Waals surface area contributed by atoms with Gasteiger partial charge >= 0.3 is 0 Å². The fourth-order valence-electron chi connectivity index (χ4n) is 6.28. The quantitative estimate of drug-likeness (QED) is 0.0515. The fourth-order valence-corrected chi connectivity index (χ4v) is 6.28. The van der Waals surface area contributed by atoms with Gasteiger partial charge in [-0.3, -0.25) is 24.0 Å². The molecular weight excluding hydrogens is 813 g/mol. The number of hydrogen-bond acceptors (Lipinski definition) is 12. The van der Waals surface area contributed by atoms with E-state index in [2.05, 4.69) is 70.9 Å². The molecule has 0 radical (unpaired) electrons. The average Bonchev–Trinajstić information content (AvgIpc) is 3.92. The third-order valence-corrected chi connectivity index (χ3v) is 9.47. The molecule has 1 aliphatic rings. The Kier molecular flexibility index (Phi) is 27.1. The molecule has 63 heavy (non-hydrogen) atoms. The maximum atomic E-state index is 14.1. The van der Waals surface area contributed by atoms with Gasteiger partial charge in [-0.25, -0.2) is 4.98 Å². The Bertz CT molecular complexity index is 1610. The monoisotopic (exact) mass is 889 g/mol. The first-order chi connectivity index (χ1) is 29.8. The summed E-state index contributed by atoms with van der Waals surface area (Å²) in [5, 5.41) is 44.9. The second-order valence-electron chi connectivity index (χ2n) is 17.4. The van der Waals surface area contributed by atoms with Crippen LogP contribution in [0.5, 0.6) is 0 Å². The molecule has 1 fully saturated rings. The molecule has 9 N–H and O–H groups in total. The molecule has 1 saturated heterocycles. The minimum Gasteiger partial charge on any atom is -0.394 e.